The summed E-state index contributed by atoms with van der Waals surface area (Å²) in [6.45, 7) is 11.0. The predicted octanol–water partition coefficient (Wildman–Crippen LogP) is 4.89. The molecule has 1 aromatic carbocycles. The van der Waals surface area contributed by atoms with E-state index in [0.717, 1.165) is 16.8 Å². The van der Waals surface area contributed by atoms with Crippen molar-refractivity contribution in [2.75, 3.05) is 19.5 Å². The minimum absolute atomic E-state index is 0.235. The Morgan fingerprint density at radius 1 is 1.03 bits per heavy atom. The molecule has 11 heteroatoms. The van der Waals surface area contributed by atoms with Crippen molar-refractivity contribution in [2.45, 2.75) is 47.1 Å². The van der Waals surface area contributed by atoms with Crippen molar-refractivity contribution in [1.29, 1.82) is 0 Å². The van der Waals surface area contributed by atoms with E-state index < -0.39 is 17.7 Å². The molecule has 0 aliphatic rings. The molecule has 0 spiro atoms. The lowest BCUT2D eigenvalue weighted by Crippen LogP contribution is -2.27. The summed E-state index contributed by atoms with van der Waals surface area (Å²) in [5.74, 6) is 0.854. The van der Waals surface area contributed by atoms with Crippen LogP contribution >= 0.6 is 0 Å². The molecule has 0 atom stereocenters. The van der Waals surface area contributed by atoms with Gasteiger partial charge in [-0.1, -0.05) is 6.07 Å². The maximum atomic E-state index is 13.0. The molecule has 3 aromatic heterocycles. The number of rotatable bonds is 5. The van der Waals surface area contributed by atoms with Crippen LogP contribution in [0, 0.1) is 20.8 Å². The number of benzene rings is 1. The molecule has 0 radical (unpaired) electrons. The highest BCUT2D eigenvalue weighted by molar-refractivity contribution is 6.10. The molecule has 0 saturated carbocycles. The molecule has 200 valence electrons. The smallest absolute Gasteiger partial charge is 0.413 e. The number of hydrogen-bond donors (Lipinski definition) is 1. The first-order valence-corrected chi connectivity index (χ1v) is 12.0. The number of carbonyl (C=O) groups excluding carboxylic acids is 2. The summed E-state index contributed by atoms with van der Waals surface area (Å²) in [4.78, 5) is 35.0. The number of ether oxygens (including phenoxy) is 3. The van der Waals surface area contributed by atoms with Crippen molar-refractivity contribution in [3.05, 3.63) is 47.0 Å². The molecule has 4 aromatic rings. The van der Waals surface area contributed by atoms with E-state index in [1.807, 2.05) is 30.5 Å². The summed E-state index contributed by atoms with van der Waals surface area (Å²) >= 11 is 0. The molecular formula is C27H32N6O5. The van der Waals surface area contributed by atoms with Crippen LogP contribution in [-0.2, 0) is 16.5 Å². The average molecular weight is 521 g/mol. The first kappa shape index (κ1) is 26.6. The number of aromatic nitrogens is 5. The minimum atomic E-state index is -0.695. The summed E-state index contributed by atoms with van der Waals surface area (Å²) < 4.78 is 19.5. The summed E-state index contributed by atoms with van der Waals surface area (Å²) in [6, 6.07) is 3.85. The van der Waals surface area contributed by atoms with E-state index >= 15 is 0 Å². The van der Waals surface area contributed by atoms with E-state index in [4.69, 9.17) is 19.2 Å². The van der Waals surface area contributed by atoms with Gasteiger partial charge in [-0.15, -0.1) is 0 Å². The Bertz CT molecular complexity index is 1560. The van der Waals surface area contributed by atoms with Crippen molar-refractivity contribution in [3.8, 4) is 22.7 Å². The van der Waals surface area contributed by atoms with Crippen LogP contribution in [0.4, 0.5) is 10.6 Å². The van der Waals surface area contributed by atoms with Crippen LogP contribution in [-0.4, -0.2) is 56.2 Å². The Morgan fingerprint density at radius 3 is 2.37 bits per heavy atom. The van der Waals surface area contributed by atoms with Crippen LogP contribution in [0.15, 0.2) is 24.5 Å². The van der Waals surface area contributed by atoms with Gasteiger partial charge in [0, 0.05) is 25.0 Å². The number of nitrogens with one attached hydrogen (secondary N) is 1. The van der Waals surface area contributed by atoms with Gasteiger partial charge >= 0.3 is 12.1 Å². The SMILES string of the molecule is COC(=O)c1cn(-c2c(C)ccc(OC)c2C)c2nc(C)nc(-c3cn(C)nc3NC(=O)OC(C)(C)C)c12. The number of esters is 1. The topological polar surface area (TPSA) is 122 Å². The Morgan fingerprint density at radius 2 is 1.74 bits per heavy atom. The van der Waals surface area contributed by atoms with Crippen LogP contribution in [0.5, 0.6) is 5.75 Å². The fourth-order valence-electron chi connectivity index (χ4n) is 4.43. The Labute approximate surface area is 220 Å². The largest absolute Gasteiger partial charge is 0.496 e. The normalized spacial score (nSPS) is 11.5. The van der Waals surface area contributed by atoms with E-state index in [-0.39, 0.29) is 11.4 Å². The molecule has 0 bridgehead atoms. The van der Waals surface area contributed by atoms with Gasteiger partial charge in [-0.2, -0.15) is 5.10 Å². The second-order valence-electron chi connectivity index (χ2n) is 9.97. The lowest BCUT2D eigenvalue weighted by molar-refractivity contribution is 0.0600. The maximum absolute atomic E-state index is 13.0. The molecule has 1 N–H and O–H groups in total. The number of amides is 1. The number of fused-ring (bicyclic) bond motifs is 1. The highest BCUT2D eigenvalue weighted by Gasteiger charge is 2.27. The van der Waals surface area contributed by atoms with Crippen molar-refractivity contribution >= 4 is 28.9 Å². The third-order valence-electron chi connectivity index (χ3n) is 5.91. The third kappa shape index (κ3) is 4.91. The second-order valence-corrected chi connectivity index (χ2v) is 9.97. The van der Waals surface area contributed by atoms with E-state index in [9.17, 15) is 9.59 Å². The molecule has 0 aliphatic heterocycles. The van der Waals surface area contributed by atoms with Crippen LogP contribution in [0.3, 0.4) is 0 Å². The average Bonchev–Trinajstić information content (AvgIpc) is 3.37. The van der Waals surface area contributed by atoms with Gasteiger partial charge in [0.2, 0.25) is 0 Å². The predicted molar refractivity (Wildman–Crippen MR) is 143 cm³/mol. The lowest BCUT2D eigenvalue weighted by atomic mass is 10.1. The zero-order chi connectivity index (χ0) is 27.9. The summed E-state index contributed by atoms with van der Waals surface area (Å²) in [5.41, 5.74) is 3.66. The van der Waals surface area contributed by atoms with Gasteiger partial charge in [0.05, 0.1) is 42.1 Å². The third-order valence-corrected chi connectivity index (χ3v) is 5.91. The van der Waals surface area contributed by atoms with E-state index in [0.29, 0.717) is 33.9 Å². The zero-order valence-electron chi connectivity index (χ0n) is 23.1. The minimum Gasteiger partial charge on any atom is -0.496 e. The monoisotopic (exact) mass is 520 g/mol. The van der Waals surface area contributed by atoms with Crippen LogP contribution in [0.1, 0.15) is 48.1 Å². The molecule has 0 unspecified atom stereocenters. The van der Waals surface area contributed by atoms with Crippen LogP contribution in [0.25, 0.3) is 28.0 Å². The van der Waals surface area contributed by atoms with E-state index in [1.165, 1.54) is 7.11 Å². The van der Waals surface area contributed by atoms with Gasteiger partial charge in [-0.05, 0) is 53.2 Å². The van der Waals surface area contributed by atoms with Crippen molar-refractivity contribution < 1.29 is 23.8 Å². The van der Waals surface area contributed by atoms with Gasteiger partial charge in [0.25, 0.3) is 0 Å². The number of carbonyl (C=O) groups is 2. The summed E-state index contributed by atoms with van der Waals surface area (Å²) in [5, 5.41) is 7.58. The first-order valence-electron chi connectivity index (χ1n) is 12.0. The van der Waals surface area contributed by atoms with Gasteiger partial charge in [-0.25, -0.2) is 19.6 Å². The number of hydrogen-bond acceptors (Lipinski definition) is 8. The lowest BCUT2D eigenvalue weighted by Gasteiger charge is -2.19. The van der Waals surface area contributed by atoms with Crippen molar-refractivity contribution in [1.82, 2.24) is 24.3 Å². The van der Waals surface area contributed by atoms with Crippen LogP contribution < -0.4 is 10.1 Å². The zero-order valence-corrected chi connectivity index (χ0v) is 23.1. The van der Waals surface area contributed by atoms with Gasteiger partial charge in [0.15, 0.2) is 5.82 Å². The standard InChI is InChI=1S/C27H32N6O5/c1-14-10-11-19(36-8)15(2)22(14)33-13-17(25(34)37-9)20-21(28-16(3)29-24(20)33)18-12-32(7)31-23(18)30-26(35)38-27(4,5)6/h10-13H,1-9H3,(H,30,31,35). The highest BCUT2D eigenvalue weighted by atomic mass is 16.6. The van der Waals surface area contributed by atoms with Gasteiger partial charge in [0.1, 0.15) is 22.8 Å². The fraction of sp³-hybridized carbons (Fsp3) is 0.370. The molecule has 4 rings (SSSR count). The van der Waals surface area contributed by atoms with Crippen LogP contribution in [0.2, 0.25) is 0 Å². The number of methoxy groups -OCH3 is 2. The Kier molecular flexibility index (Phi) is 6.88. The molecule has 0 saturated heterocycles. The highest BCUT2D eigenvalue weighted by Crippen LogP contribution is 2.38. The van der Waals surface area contributed by atoms with Crippen molar-refractivity contribution in [3.63, 3.8) is 0 Å². The summed E-state index contributed by atoms with van der Waals surface area (Å²) in [7, 11) is 4.66. The molecular weight excluding hydrogens is 488 g/mol. The Balaban J connectivity index is 2.02. The number of nitrogens with zero attached hydrogens (tertiary/aromatic N) is 5. The molecule has 3 heterocycles. The number of aryl methyl sites for hydroxylation is 3. The first-order chi connectivity index (χ1) is 17.8. The quantitative estimate of drug-likeness (QED) is 0.369. The molecule has 38 heavy (non-hydrogen) atoms. The molecule has 0 aliphatic carbocycles. The number of anilines is 1. The molecule has 0 fully saturated rings. The second kappa shape index (κ2) is 9.81. The van der Waals surface area contributed by atoms with E-state index in [1.54, 1.807) is 58.9 Å². The molecule has 11 nitrogen and oxygen atoms in total. The van der Waals surface area contributed by atoms with Gasteiger partial charge < -0.3 is 14.2 Å². The maximum Gasteiger partial charge on any atom is 0.413 e. The molecule has 1 amide bonds. The Hall–Kier alpha value is -4.41. The van der Waals surface area contributed by atoms with E-state index in [2.05, 4.69) is 15.4 Å². The van der Waals surface area contributed by atoms with Crippen molar-refractivity contribution in [2.24, 2.45) is 7.05 Å². The summed E-state index contributed by atoms with van der Waals surface area (Å²) in [6.07, 6.45) is 2.75. The van der Waals surface area contributed by atoms with Gasteiger partial charge in [-0.3, -0.25) is 14.6 Å². The fourth-order valence-corrected chi connectivity index (χ4v) is 4.43.